The minimum absolute atomic E-state index is 0.0438. The number of rotatable bonds is 15. The van der Waals surface area contributed by atoms with Gasteiger partial charge >= 0.3 is 11.9 Å². The summed E-state index contributed by atoms with van der Waals surface area (Å²) in [6.07, 6.45) is 7.41. The number of benzene rings is 1. The first-order valence-corrected chi connectivity index (χ1v) is 9.31. The second-order valence-corrected chi connectivity index (χ2v) is 5.98. The lowest BCUT2D eigenvalue weighted by Crippen LogP contribution is -2.15. The lowest BCUT2D eigenvalue weighted by atomic mass is 10.1. The van der Waals surface area contributed by atoms with E-state index in [4.69, 9.17) is 19.3 Å². The van der Waals surface area contributed by atoms with E-state index in [1.165, 1.54) is 44.2 Å². The highest BCUT2D eigenvalue weighted by molar-refractivity contribution is 6.02. The maximum absolute atomic E-state index is 11.9. The van der Waals surface area contributed by atoms with Crippen LogP contribution in [0.3, 0.4) is 0 Å². The Hall–Kier alpha value is -1.92. The molecule has 26 heavy (non-hydrogen) atoms. The average molecular weight is 366 g/mol. The highest BCUT2D eigenvalue weighted by Crippen LogP contribution is 2.10. The first-order valence-electron chi connectivity index (χ1n) is 9.31. The van der Waals surface area contributed by atoms with Gasteiger partial charge in [-0.25, -0.2) is 9.59 Å². The zero-order chi connectivity index (χ0) is 19.0. The van der Waals surface area contributed by atoms with Gasteiger partial charge in [-0.2, -0.15) is 0 Å². The van der Waals surface area contributed by atoms with Crippen LogP contribution in [0.25, 0.3) is 0 Å². The average Bonchev–Trinajstić information content (AvgIpc) is 2.65. The maximum atomic E-state index is 11.9. The molecule has 0 unspecified atom stereocenters. The van der Waals surface area contributed by atoms with Crippen LogP contribution in [-0.2, 0) is 14.2 Å². The van der Waals surface area contributed by atoms with Crippen molar-refractivity contribution < 1.29 is 28.9 Å². The number of carbonyl (C=O) groups is 2. The summed E-state index contributed by atoms with van der Waals surface area (Å²) in [5, 5.41) is 9.05. The summed E-state index contributed by atoms with van der Waals surface area (Å²) in [5.74, 6) is -1.82. The zero-order valence-corrected chi connectivity index (χ0v) is 15.6. The first-order chi connectivity index (χ1) is 12.7. The summed E-state index contributed by atoms with van der Waals surface area (Å²) in [4.78, 5) is 23.0. The number of carboxylic acid groups (broad SMARTS) is 1. The van der Waals surface area contributed by atoms with Crippen LogP contribution in [0.15, 0.2) is 24.3 Å². The van der Waals surface area contributed by atoms with Gasteiger partial charge in [0.05, 0.1) is 30.9 Å². The molecule has 1 rings (SSSR count). The fraction of sp³-hybridized carbons (Fsp3) is 0.600. The van der Waals surface area contributed by atoms with Gasteiger partial charge in [-0.3, -0.25) is 0 Å². The van der Waals surface area contributed by atoms with Crippen LogP contribution in [0.5, 0.6) is 0 Å². The number of hydrogen-bond acceptors (Lipinski definition) is 5. The van der Waals surface area contributed by atoms with E-state index in [1.54, 1.807) is 12.1 Å². The molecule has 0 aliphatic carbocycles. The summed E-state index contributed by atoms with van der Waals surface area (Å²) in [7, 11) is 0. The molecule has 0 spiro atoms. The van der Waals surface area contributed by atoms with E-state index in [0.29, 0.717) is 13.2 Å². The predicted octanol–water partition coefficient (Wildman–Crippen LogP) is 3.94. The Morgan fingerprint density at radius 1 is 0.808 bits per heavy atom. The lowest BCUT2D eigenvalue weighted by molar-refractivity contribution is 0.0140. The van der Waals surface area contributed by atoms with Gasteiger partial charge in [0.1, 0.15) is 6.61 Å². The monoisotopic (exact) mass is 366 g/mol. The summed E-state index contributed by atoms with van der Waals surface area (Å²) < 4.78 is 15.9. The molecule has 146 valence electrons. The zero-order valence-electron chi connectivity index (χ0n) is 15.6. The molecule has 0 fully saturated rings. The van der Waals surface area contributed by atoms with E-state index in [2.05, 4.69) is 6.92 Å². The third kappa shape index (κ3) is 9.53. The molecule has 0 aliphatic heterocycles. The van der Waals surface area contributed by atoms with Gasteiger partial charge in [0.2, 0.25) is 0 Å². The molecule has 0 saturated heterocycles. The number of carbonyl (C=O) groups excluding carboxylic acids is 1. The predicted molar refractivity (Wildman–Crippen MR) is 98.7 cm³/mol. The third-order valence-corrected chi connectivity index (χ3v) is 3.85. The van der Waals surface area contributed by atoms with Crippen molar-refractivity contribution in [2.24, 2.45) is 0 Å². The van der Waals surface area contributed by atoms with Crippen molar-refractivity contribution in [1.82, 2.24) is 0 Å². The summed E-state index contributed by atoms with van der Waals surface area (Å²) in [5.41, 5.74) is -0.0243. The highest BCUT2D eigenvalue weighted by atomic mass is 16.6. The van der Waals surface area contributed by atoms with Gasteiger partial charge < -0.3 is 19.3 Å². The fourth-order valence-electron chi connectivity index (χ4n) is 2.43. The standard InChI is InChI=1S/C20H30O6/c1-2-3-4-5-6-9-12-24-13-14-25-15-16-26-20(23)18-11-8-7-10-17(18)19(21)22/h7-8,10-11H,2-6,9,12-16H2,1H3,(H,21,22). The van der Waals surface area contributed by atoms with Gasteiger partial charge in [-0.1, -0.05) is 51.2 Å². The van der Waals surface area contributed by atoms with Crippen LogP contribution in [0.1, 0.15) is 66.2 Å². The van der Waals surface area contributed by atoms with Gasteiger partial charge in [0.25, 0.3) is 0 Å². The van der Waals surface area contributed by atoms with Crippen molar-refractivity contribution in [3.05, 3.63) is 35.4 Å². The van der Waals surface area contributed by atoms with Crippen LogP contribution in [0.4, 0.5) is 0 Å². The number of esters is 1. The molecule has 6 nitrogen and oxygen atoms in total. The first kappa shape index (κ1) is 22.1. The number of unbranched alkanes of at least 4 members (excludes halogenated alkanes) is 5. The molecule has 0 radical (unpaired) electrons. The summed E-state index contributed by atoms with van der Waals surface area (Å²) in [6.45, 7) is 4.24. The minimum Gasteiger partial charge on any atom is -0.478 e. The quantitative estimate of drug-likeness (QED) is 0.374. The maximum Gasteiger partial charge on any atom is 0.339 e. The molecule has 0 aliphatic rings. The van der Waals surface area contributed by atoms with E-state index in [9.17, 15) is 9.59 Å². The second-order valence-electron chi connectivity index (χ2n) is 5.98. The fourth-order valence-corrected chi connectivity index (χ4v) is 2.43. The molecule has 1 aromatic carbocycles. The third-order valence-electron chi connectivity index (χ3n) is 3.85. The Labute approximate surface area is 155 Å². The van der Waals surface area contributed by atoms with Crippen molar-refractivity contribution in [1.29, 1.82) is 0 Å². The molecule has 0 aromatic heterocycles. The lowest BCUT2D eigenvalue weighted by Gasteiger charge is -2.08. The minimum atomic E-state index is -1.16. The largest absolute Gasteiger partial charge is 0.478 e. The SMILES string of the molecule is CCCCCCCCOCCOCCOC(=O)c1ccccc1C(=O)O. The van der Waals surface area contributed by atoms with Gasteiger partial charge in [0.15, 0.2) is 0 Å². The summed E-state index contributed by atoms with van der Waals surface area (Å²) >= 11 is 0. The molecule has 0 amide bonds. The van der Waals surface area contributed by atoms with Gasteiger partial charge in [-0.05, 0) is 18.6 Å². The van der Waals surface area contributed by atoms with Gasteiger partial charge in [-0.15, -0.1) is 0 Å². The molecule has 6 heteroatoms. The number of carboxylic acids is 1. The second kappa shape index (κ2) is 14.3. The Morgan fingerprint density at radius 3 is 2.08 bits per heavy atom. The van der Waals surface area contributed by atoms with Crippen molar-refractivity contribution >= 4 is 11.9 Å². The van der Waals surface area contributed by atoms with Crippen LogP contribution < -0.4 is 0 Å². The normalized spacial score (nSPS) is 10.7. The molecule has 0 saturated carbocycles. The summed E-state index contributed by atoms with van der Waals surface area (Å²) in [6, 6.07) is 5.97. The van der Waals surface area contributed by atoms with E-state index < -0.39 is 11.9 Å². The van der Waals surface area contributed by atoms with Crippen molar-refractivity contribution in [3.63, 3.8) is 0 Å². The highest BCUT2D eigenvalue weighted by Gasteiger charge is 2.16. The van der Waals surface area contributed by atoms with Crippen LogP contribution in [0.2, 0.25) is 0 Å². The van der Waals surface area contributed by atoms with Crippen LogP contribution >= 0.6 is 0 Å². The van der Waals surface area contributed by atoms with E-state index in [1.807, 2.05) is 0 Å². The van der Waals surface area contributed by atoms with Crippen LogP contribution in [-0.4, -0.2) is 50.1 Å². The number of aromatic carboxylic acids is 1. The van der Waals surface area contributed by atoms with Crippen LogP contribution in [0, 0.1) is 0 Å². The molecule has 1 aromatic rings. The van der Waals surface area contributed by atoms with Crippen molar-refractivity contribution in [3.8, 4) is 0 Å². The Balaban J connectivity index is 2.01. The topological polar surface area (TPSA) is 82.1 Å². The molecular weight excluding hydrogens is 336 g/mol. The Kier molecular flexibility index (Phi) is 12.1. The van der Waals surface area contributed by atoms with E-state index in [-0.39, 0.29) is 24.3 Å². The number of ether oxygens (including phenoxy) is 3. The molecule has 1 N–H and O–H groups in total. The smallest absolute Gasteiger partial charge is 0.339 e. The Bertz CT molecular complexity index is 529. The molecule has 0 heterocycles. The molecule has 0 atom stereocenters. The van der Waals surface area contributed by atoms with Crippen molar-refractivity contribution in [2.45, 2.75) is 45.4 Å². The van der Waals surface area contributed by atoms with E-state index >= 15 is 0 Å². The van der Waals surface area contributed by atoms with Gasteiger partial charge in [0, 0.05) is 6.61 Å². The molecule has 0 bridgehead atoms. The Morgan fingerprint density at radius 2 is 1.38 bits per heavy atom. The van der Waals surface area contributed by atoms with E-state index in [0.717, 1.165) is 13.0 Å². The number of hydrogen-bond donors (Lipinski definition) is 1. The van der Waals surface area contributed by atoms with Crippen molar-refractivity contribution in [2.75, 3.05) is 33.0 Å². The molecular formula is C20H30O6.